The van der Waals surface area contributed by atoms with Crippen LogP contribution in [0.2, 0.25) is 0 Å². The van der Waals surface area contributed by atoms with Crippen molar-refractivity contribution < 1.29 is 40.9 Å². The Labute approximate surface area is 115 Å². The molecule has 1 aromatic rings. The van der Waals surface area contributed by atoms with Gasteiger partial charge in [-0.25, -0.2) is 0 Å². The van der Waals surface area contributed by atoms with Crippen molar-refractivity contribution >= 4 is 0 Å². The van der Waals surface area contributed by atoms with Gasteiger partial charge in [0.1, 0.15) is 0 Å². The van der Waals surface area contributed by atoms with Crippen LogP contribution in [0.3, 0.4) is 0 Å². The minimum absolute atomic E-state index is 0.0475. The predicted octanol–water partition coefficient (Wildman–Crippen LogP) is 3.93. The molecule has 0 aliphatic heterocycles. The second-order valence-electron chi connectivity index (χ2n) is 4.58. The third kappa shape index (κ3) is 4.69. The van der Waals surface area contributed by atoms with Crippen LogP contribution < -0.4 is 9.47 Å². The summed E-state index contributed by atoms with van der Waals surface area (Å²) >= 11 is 0. The average molecular weight is 316 g/mol. The summed E-state index contributed by atoms with van der Waals surface area (Å²) in [7, 11) is 0. The van der Waals surface area contributed by atoms with Gasteiger partial charge in [0.05, 0.1) is 6.10 Å². The van der Waals surface area contributed by atoms with E-state index in [0.717, 1.165) is 6.07 Å². The molecule has 2 rings (SSSR count). The van der Waals surface area contributed by atoms with Gasteiger partial charge in [0.2, 0.25) is 0 Å². The lowest BCUT2D eigenvalue weighted by molar-refractivity contribution is -0.287. The quantitative estimate of drug-likeness (QED) is 0.856. The molecular weight excluding hydrogens is 306 g/mol. The van der Waals surface area contributed by atoms with Gasteiger partial charge in [-0.1, -0.05) is 6.07 Å². The van der Waals surface area contributed by atoms with E-state index >= 15 is 0 Å². The van der Waals surface area contributed by atoms with Crippen LogP contribution in [0.25, 0.3) is 0 Å². The van der Waals surface area contributed by atoms with E-state index in [4.69, 9.17) is 0 Å². The topological polar surface area (TPSA) is 38.7 Å². The van der Waals surface area contributed by atoms with E-state index in [2.05, 4.69) is 9.47 Å². The van der Waals surface area contributed by atoms with E-state index in [1.165, 1.54) is 0 Å². The molecule has 1 aromatic carbocycles. The molecule has 0 radical (unpaired) electrons. The van der Waals surface area contributed by atoms with Gasteiger partial charge in [-0.3, -0.25) is 0 Å². The molecule has 1 unspecified atom stereocenters. The van der Waals surface area contributed by atoms with Crippen LogP contribution in [0.5, 0.6) is 11.5 Å². The summed E-state index contributed by atoms with van der Waals surface area (Å²) in [6, 6.07) is 2.47. The monoisotopic (exact) mass is 316 g/mol. The number of ether oxygens (including phenoxy) is 2. The van der Waals surface area contributed by atoms with E-state index in [9.17, 15) is 31.4 Å². The van der Waals surface area contributed by atoms with Gasteiger partial charge in [-0.15, -0.1) is 26.3 Å². The summed E-state index contributed by atoms with van der Waals surface area (Å²) in [5, 5.41) is 9.81. The van der Waals surface area contributed by atoms with E-state index < -0.39 is 30.3 Å². The minimum atomic E-state index is -5.17. The van der Waals surface area contributed by atoms with Gasteiger partial charge in [-0.05, 0) is 36.5 Å². The highest BCUT2D eigenvalue weighted by molar-refractivity contribution is 5.44. The number of rotatable bonds is 4. The standard InChI is InChI=1S/C12H10F6O3/c13-11(14,15)20-8-4-3-7(10(19)6-1-2-6)5-9(8)21-12(16,17)18/h3-6,10,19H,1-2H2. The van der Waals surface area contributed by atoms with E-state index in [1.54, 1.807) is 0 Å². The average Bonchev–Trinajstić information content (AvgIpc) is 3.10. The number of halogens is 6. The van der Waals surface area contributed by atoms with Gasteiger partial charge < -0.3 is 14.6 Å². The van der Waals surface area contributed by atoms with Gasteiger partial charge in [0.15, 0.2) is 11.5 Å². The summed E-state index contributed by atoms with van der Waals surface area (Å²) in [6.07, 6.45) is -9.96. The van der Waals surface area contributed by atoms with Crippen LogP contribution >= 0.6 is 0 Å². The molecule has 1 saturated carbocycles. The fraction of sp³-hybridized carbons (Fsp3) is 0.500. The first-order valence-electron chi connectivity index (χ1n) is 5.89. The van der Waals surface area contributed by atoms with Gasteiger partial charge in [-0.2, -0.15) is 0 Å². The van der Waals surface area contributed by atoms with Gasteiger partial charge in [0.25, 0.3) is 0 Å². The zero-order chi connectivity index (χ0) is 15.8. The second kappa shape index (κ2) is 5.28. The Balaban J connectivity index is 2.30. The molecule has 1 N–H and O–H groups in total. The van der Waals surface area contributed by atoms with Crippen molar-refractivity contribution in [3.63, 3.8) is 0 Å². The van der Waals surface area contributed by atoms with Crippen LogP contribution in [-0.4, -0.2) is 17.8 Å². The molecule has 0 spiro atoms. The summed E-state index contributed by atoms with van der Waals surface area (Å²) in [6.45, 7) is 0. The summed E-state index contributed by atoms with van der Waals surface area (Å²) in [5.74, 6) is -2.36. The maximum absolute atomic E-state index is 12.2. The van der Waals surface area contributed by atoms with E-state index in [1.807, 2.05) is 0 Å². The third-order valence-electron chi connectivity index (χ3n) is 2.83. The lowest BCUT2D eigenvalue weighted by atomic mass is 10.1. The lowest BCUT2D eigenvalue weighted by Gasteiger charge is -2.17. The maximum atomic E-state index is 12.2. The number of hydrogen-bond acceptors (Lipinski definition) is 3. The molecule has 1 fully saturated rings. The molecule has 9 heteroatoms. The highest BCUT2D eigenvalue weighted by atomic mass is 19.4. The van der Waals surface area contributed by atoms with E-state index in [-0.39, 0.29) is 11.5 Å². The summed E-state index contributed by atoms with van der Waals surface area (Å²) in [4.78, 5) is 0. The number of benzene rings is 1. The smallest absolute Gasteiger partial charge is 0.402 e. The molecule has 0 amide bonds. The molecular formula is C12H10F6O3. The molecule has 0 heterocycles. The summed E-state index contributed by atoms with van der Waals surface area (Å²) in [5.41, 5.74) is 0.0475. The van der Waals surface area contributed by atoms with Crippen molar-refractivity contribution in [2.24, 2.45) is 5.92 Å². The molecule has 21 heavy (non-hydrogen) atoms. The van der Waals surface area contributed by atoms with Gasteiger partial charge in [0, 0.05) is 0 Å². The fourth-order valence-electron chi connectivity index (χ4n) is 1.81. The molecule has 1 atom stereocenters. The van der Waals surface area contributed by atoms with Crippen molar-refractivity contribution in [2.75, 3.05) is 0 Å². The minimum Gasteiger partial charge on any atom is -0.402 e. The zero-order valence-corrected chi connectivity index (χ0v) is 10.3. The molecule has 1 aliphatic rings. The second-order valence-corrected chi connectivity index (χ2v) is 4.58. The third-order valence-corrected chi connectivity index (χ3v) is 2.83. The molecule has 1 aliphatic carbocycles. The van der Waals surface area contributed by atoms with Crippen molar-refractivity contribution in [3.8, 4) is 11.5 Å². The van der Waals surface area contributed by atoms with Gasteiger partial charge >= 0.3 is 12.7 Å². The largest absolute Gasteiger partial charge is 0.573 e. The Morgan fingerprint density at radius 1 is 0.952 bits per heavy atom. The van der Waals surface area contributed by atoms with Crippen molar-refractivity contribution in [2.45, 2.75) is 31.7 Å². The first-order valence-corrected chi connectivity index (χ1v) is 5.89. The molecule has 3 nitrogen and oxygen atoms in total. The SMILES string of the molecule is OC(c1ccc(OC(F)(F)F)c(OC(F)(F)F)c1)C1CC1. The van der Waals surface area contributed by atoms with Crippen molar-refractivity contribution in [1.29, 1.82) is 0 Å². The van der Waals surface area contributed by atoms with Crippen LogP contribution in [0.4, 0.5) is 26.3 Å². The normalized spacial score (nSPS) is 17.5. The first-order chi connectivity index (χ1) is 9.55. The Kier molecular flexibility index (Phi) is 3.96. The Hall–Kier alpha value is -1.64. The van der Waals surface area contributed by atoms with Crippen molar-refractivity contribution in [1.82, 2.24) is 0 Å². The Morgan fingerprint density at radius 3 is 1.95 bits per heavy atom. The first kappa shape index (κ1) is 15.7. The Bertz CT molecular complexity index is 507. The van der Waals surface area contributed by atoms with Crippen LogP contribution in [0.15, 0.2) is 18.2 Å². The lowest BCUT2D eigenvalue weighted by Crippen LogP contribution is -2.21. The zero-order valence-electron chi connectivity index (χ0n) is 10.3. The summed E-state index contributed by atoms with van der Waals surface area (Å²) < 4.78 is 80.2. The van der Waals surface area contributed by atoms with Crippen LogP contribution in [-0.2, 0) is 0 Å². The van der Waals surface area contributed by atoms with E-state index in [0.29, 0.717) is 25.0 Å². The van der Waals surface area contributed by atoms with Crippen LogP contribution in [0.1, 0.15) is 24.5 Å². The van der Waals surface area contributed by atoms with Crippen molar-refractivity contribution in [3.05, 3.63) is 23.8 Å². The molecule has 118 valence electrons. The molecule has 0 saturated heterocycles. The fourth-order valence-corrected chi connectivity index (χ4v) is 1.81. The number of alkyl halides is 6. The molecule has 0 bridgehead atoms. The Morgan fingerprint density at radius 2 is 1.48 bits per heavy atom. The maximum Gasteiger partial charge on any atom is 0.573 e. The highest BCUT2D eigenvalue weighted by Gasteiger charge is 2.37. The number of aliphatic hydroxyl groups excluding tert-OH is 1. The van der Waals surface area contributed by atoms with Crippen LogP contribution in [0, 0.1) is 5.92 Å². The molecule has 0 aromatic heterocycles. The number of aliphatic hydroxyl groups is 1. The predicted molar refractivity (Wildman–Crippen MR) is 57.5 cm³/mol. The number of hydrogen-bond donors (Lipinski definition) is 1. The highest BCUT2D eigenvalue weighted by Crippen LogP contribution is 2.44.